The van der Waals surface area contributed by atoms with Crippen molar-refractivity contribution in [2.45, 2.75) is 45.2 Å². The van der Waals surface area contributed by atoms with Gasteiger partial charge in [-0.25, -0.2) is 0 Å². The molecule has 2 aliphatic rings. The minimum absolute atomic E-state index is 0.644. The number of nitrogens with one attached hydrogen (secondary N) is 1. The lowest BCUT2D eigenvalue weighted by Crippen LogP contribution is -2.51. The van der Waals surface area contributed by atoms with E-state index in [4.69, 9.17) is 0 Å². The van der Waals surface area contributed by atoms with Crippen molar-refractivity contribution in [1.29, 1.82) is 0 Å². The molecule has 1 saturated carbocycles. The number of nitrogens with zero attached hydrogens (tertiary/aromatic N) is 1. The van der Waals surface area contributed by atoms with Gasteiger partial charge in [0.25, 0.3) is 0 Å². The van der Waals surface area contributed by atoms with E-state index in [9.17, 15) is 0 Å². The van der Waals surface area contributed by atoms with E-state index < -0.39 is 0 Å². The maximum absolute atomic E-state index is 3.73. The molecule has 2 nitrogen and oxygen atoms in total. The number of hydrogen-bond acceptors (Lipinski definition) is 2. The van der Waals surface area contributed by atoms with Crippen molar-refractivity contribution in [2.24, 2.45) is 5.41 Å². The molecule has 1 spiro atoms. The SMILES string of the molecule is CC(C)N[C@H]1CCN(C)CC12CC2. The molecule has 0 aromatic rings. The van der Waals surface area contributed by atoms with Gasteiger partial charge in [-0.15, -0.1) is 0 Å². The molecule has 0 amide bonds. The molecule has 2 heteroatoms. The largest absolute Gasteiger partial charge is 0.311 e. The summed E-state index contributed by atoms with van der Waals surface area (Å²) in [6.07, 6.45) is 4.23. The van der Waals surface area contributed by atoms with Gasteiger partial charge >= 0.3 is 0 Å². The Morgan fingerprint density at radius 3 is 2.62 bits per heavy atom. The number of likely N-dealkylation sites (tertiary alicyclic amines) is 1. The average molecular weight is 182 g/mol. The van der Waals surface area contributed by atoms with Gasteiger partial charge in [0.15, 0.2) is 0 Å². The first-order chi connectivity index (χ1) is 6.12. The lowest BCUT2D eigenvalue weighted by molar-refractivity contribution is 0.141. The molecule has 2 rings (SSSR count). The predicted molar refractivity (Wildman–Crippen MR) is 55.8 cm³/mol. The Bertz CT molecular complexity index is 185. The predicted octanol–water partition coefficient (Wildman–Crippen LogP) is 1.47. The number of piperidine rings is 1. The zero-order valence-electron chi connectivity index (χ0n) is 9.14. The zero-order valence-corrected chi connectivity index (χ0v) is 9.14. The molecular formula is C11H22N2. The lowest BCUT2D eigenvalue weighted by atomic mass is 9.89. The molecular weight excluding hydrogens is 160 g/mol. The molecule has 0 unspecified atom stereocenters. The third-order valence-corrected chi connectivity index (χ3v) is 3.55. The van der Waals surface area contributed by atoms with E-state index >= 15 is 0 Å². The molecule has 1 aliphatic heterocycles. The maximum atomic E-state index is 3.73. The number of rotatable bonds is 2. The molecule has 0 radical (unpaired) electrons. The summed E-state index contributed by atoms with van der Waals surface area (Å²) in [5.74, 6) is 0. The third-order valence-electron chi connectivity index (χ3n) is 3.55. The van der Waals surface area contributed by atoms with Gasteiger partial charge in [-0.2, -0.15) is 0 Å². The third kappa shape index (κ3) is 1.89. The molecule has 0 bridgehead atoms. The van der Waals surface area contributed by atoms with Crippen molar-refractivity contribution in [1.82, 2.24) is 10.2 Å². The normalized spacial score (nSPS) is 32.8. The second kappa shape index (κ2) is 3.25. The maximum Gasteiger partial charge on any atom is 0.0150 e. The summed E-state index contributed by atoms with van der Waals surface area (Å²) in [6.45, 7) is 7.10. The van der Waals surface area contributed by atoms with Crippen LogP contribution in [0.2, 0.25) is 0 Å². The standard InChI is InChI=1S/C11H22N2/c1-9(2)12-10-4-7-13(3)8-11(10)5-6-11/h9-10,12H,4-8H2,1-3H3/t10-/m0/s1. The Balaban J connectivity index is 1.95. The molecule has 1 N–H and O–H groups in total. The monoisotopic (exact) mass is 182 g/mol. The fraction of sp³-hybridized carbons (Fsp3) is 1.00. The van der Waals surface area contributed by atoms with Crippen LogP contribution < -0.4 is 5.32 Å². The van der Waals surface area contributed by atoms with Gasteiger partial charge in [-0.1, -0.05) is 13.8 Å². The first-order valence-corrected chi connectivity index (χ1v) is 5.57. The summed E-state index contributed by atoms with van der Waals surface area (Å²) in [5.41, 5.74) is 0.664. The van der Waals surface area contributed by atoms with E-state index in [1.807, 2.05) is 0 Å². The topological polar surface area (TPSA) is 15.3 Å². The zero-order chi connectivity index (χ0) is 9.47. The van der Waals surface area contributed by atoms with Crippen molar-refractivity contribution >= 4 is 0 Å². The summed E-state index contributed by atoms with van der Waals surface area (Å²) in [4.78, 5) is 2.49. The van der Waals surface area contributed by atoms with Gasteiger partial charge in [0, 0.05) is 18.6 Å². The second-order valence-corrected chi connectivity index (χ2v) is 5.26. The number of hydrogen-bond donors (Lipinski definition) is 1. The van der Waals surface area contributed by atoms with Gasteiger partial charge in [-0.3, -0.25) is 0 Å². The Morgan fingerprint density at radius 1 is 1.38 bits per heavy atom. The van der Waals surface area contributed by atoms with Crippen LogP contribution >= 0.6 is 0 Å². The van der Waals surface area contributed by atoms with Crippen molar-refractivity contribution in [3.8, 4) is 0 Å². The smallest absolute Gasteiger partial charge is 0.0150 e. The molecule has 13 heavy (non-hydrogen) atoms. The van der Waals surface area contributed by atoms with Crippen molar-refractivity contribution < 1.29 is 0 Å². The summed E-state index contributed by atoms with van der Waals surface area (Å²) >= 11 is 0. The van der Waals surface area contributed by atoms with Crippen LogP contribution in [-0.2, 0) is 0 Å². The van der Waals surface area contributed by atoms with Crippen molar-refractivity contribution in [3.63, 3.8) is 0 Å². The molecule has 1 aliphatic carbocycles. The molecule has 0 aromatic carbocycles. The van der Waals surface area contributed by atoms with E-state index in [-0.39, 0.29) is 0 Å². The summed E-state index contributed by atoms with van der Waals surface area (Å²) in [7, 11) is 2.26. The molecule has 2 fully saturated rings. The molecule has 0 aromatic heterocycles. The van der Waals surface area contributed by atoms with Crippen LogP contribution in [0, 0.1) is 5.41 Å². The Labute approximate surface area is 81.7 Å². The Kier molecular flexibility index (Phi) is 2.37. The van der Waals surface area contributed by atoms with E-state index in [0.717, 1.165) is 6.04 Å². The molecule has 1 atom stereocenters. The highest BCUT2D eigenvalue weighted by Crippen LogP contribution is 2.51. The van der Waals surface area contributed by atoms with Crippen LogP contribution in [0.1, 0.15) is 33.1 Å². The minimum Gasteiger partial charge on any atom is -0.311 e. The minimum atomic E-state index is 0.644. The van der Waals surface area contributed by atoms with E-state index in [2.05, 4.69) is 31.1 Å². The first-order valence-electron chi connectivity index (χ1n) is 5.57. The van der Waals surface area contributed by atoms with Gasteiger partial charge in [0.05, 0.1) is 0 Å². The summed E-state index contributed by atoms with van der Waals surface area (Å²) < 4.78 is 0. The average Bonchev–Trinajstić information content (AvgIpc) is 2.76. The highest BCUT2D eigenvalue weighted by Gasteiger charge is 2.51. The van der Waals surface area contributed by atoms with Gasteiger partial charge in [0.1, 0.15) is 0 Å². The van der Waals surface area contributed by atoms with Gasteiger partial charge in [-0.05, 0) is 38.3 Å². The fourth-order valence-corrected chi connectivity index (χ4v) is 2.71. The molecule has 1 heterocycles. The highest BCUT2D eigenvalue weighted by atomic mass is 15.2. The molecule has 76 valence electrons. The molecule has 1 saturated heterocycles. The van der Waals surface area contributed by atoms with Crippen LogP contribution in [-0.4, -0.2) is 37.1 Å². The fourth-order valence-electron chi connectivity index (χ4n) is 2.71. The van der Waals surface area contributed by atoms with E-state index in [1.165, 1.54) is 32.4 Å². The quantitative estimate of drug-likeness (QED) is 0.695. The van der Waals surface area contributed by atoms with Crippen molar-refractivity contribution in [2.75, 3.05) is 20.1 Å². The Hall–Kier alpha value is -0.0800. The van der Waals surface area contributed by atoms with E-state index in [1.54, 1.807) is 0 Å². The van der Waals surface area contributed by atoms with Crippen LogP contribution in [0.25, 0.3) is 0 Å². The van der Waals surface area contributed by atoms with Gasteiger partial charge in [0.2, 0.25) is 0 Å². The lowest BCUT2D eigenvalue weighted by Gasteiger charge is -2.38. The van der Waals surface area contributed by atoms with E-state index in [0.29, 0.717) is 11.5 Å². The van der Waals surface area contributed by atoms with Crippen LogP contribution in [0.3, 0.4) is 0 Å². The highest BCUT2D eigenvalue weighted by molar-refractivity contribution is 5.06. The summed E-state index contributed by atoms with van der Waals surface area (Å²) in [5, 5.41) is 3.73. The van der Waals surface area contributed by atoms with Crippen LogP contribution in [0.15, 0.2) is 0 Å². The first kappa shape index (κ1) is 9.47. The Morgan fingerprint density at radius 2 is 2.08 bits per heavy atom. The van der Waals surface area contributed by atoms with Gasteiger partial charge < -0.3 is 10.2 Å². The van der Waals surface area contributed by atoms with Crippen LogP contribution in [0.4, 0.5) is 0 Å². The summed E-state index contributed by atoms with van der Waals surface area (Å²) in [6, 6.07) is 1.44. The second-order valence-electron chi connectivity index (χ2n) is 5.26. The van der Waals surface area contributed by atoms with Crippen LogP contribution in [0.5, 0.6) is 0 Å². The van der Waals surface area contributed by atoms with Crippen molar-refractivity contribution in [3.05, 3.63) is 0 Å².